The topological polar surface area (TPSA) is 76.2 Å². The van der Waals surface area contributed by atoms with Crippen molar-refractivity contribution in [2.75, 3.05) is 18.4 Å². The number of oxazole rings is 1. The second kappa shape index (κ2) is 7.75. The van der Waals surface area contributed by atoms with Gasteiger partial charge in [0.1, 0.15) is 11.3 Å². The normalized spacial score (nSPS) is 19.2. The molecular weight excluding hydrogens is 354 g/mol. The van der Waals surface area contributed by atoms with Gasteiger partial charge in [0.2, 0.25) is 5.91 Å². The Labute approximate surface area is 164 Å². The molecule has 2 aromatic heterocycles. The van der Waals surface area contributed by atoms with Crippen LogP contribution in [0.4, 0.5) is 5.82 Å². The number of carbonyl (C=O) groups is 1. The van der Waals surface area contributed by atoms with Crippen molar-refractivity contribution in [2.45, 2.75) is 51.6 Å². The van der Waals surface area contributed by atoms with E-state index >= 15 is 0 Å². The number of amides is 1. The molecule has 7 heteroatoms. The summed E-state index contributed by atoms with van der Waals surface area (Å²) in [5.41, 5.74) is 1.71. The number of para-hydroxylation sites is 2. The molecule has 0 spiro atoms. The zero-order chi connectivity index (χ0) is 19.7. The Balaban J connectivity index is 1.44. The lowest BCUT2D eigenvalue weighted by atomic mass is 9.96. The molecule has 4 rings (SSSR count). The molecule has 28 heavy (non-hydrogen) atoms. The van der Waals surface area contributed by atoms with Crippen molar-refractivity contribution < 1.29 is 9.21 Å². The summed E-state index contributed by atoms with van der Waals surface area (Å²) < 4.78 is 7.79. The summed E-state index contributed by atoms with van der Waals surface area (Å²) in [6, 6.07) is 9.63. The number of aromatic nitrogens is 3. The van der Waals surface area contributed by atoms with E-state index < -0.39 is 0 Å². The third-order valence-electron chi connectivity index (χ3n) is 5.45. The summed E-state index contributed by atoms with van der Waals surface area (Å²) in [4.78, 5) is 19.7. The molecule has 0 aliphatic carbocycles. The number of rotatable bonds is 5. The van der Waals surface area contributed by atoms with Crippen LogP contribution in [0.5, 0.6) is 0 Å². The first kappa shape index (κ1) is 18.7. The summed E-state index contributed by atoms with van der Waals surface area (Å²) in [5.74, 6) is 1.70. The van der Waals surface area contributed by atoms with Crippen LogP contribution in [0.2, 0.25) is 0 Å². The molecule has 1 fully saturated rings. The van der Waals surface area contributed by atoms with Crippen molar-refractivity contribution in [3.05, 3.63) is 42.4 Å². The molecule has 1 aliphatic rings. The minimum absolute atomic E-state index is 0.0133. The average Bonchev–Trinajstić information content (AvgIpc) is 3.34. The predicted octanol–water partition coefficient (Wildman–Crippen LogP) is 3.81. The highest BCUT2D eigenvalue weighted by atomic mass is 16.3. The molecule has 0 unspecified atom stereocenters. The summed E-state index contributed by atoms with van der Waals surface area (Å²) in [5, 5.41) is 7.31. The fraction of sp³-hybridized carbons (Fsp3) is 0.476. The first-order chi connectivity index (χ1) is 13.5. The van der Waals surface area contributed by atoms with Gasteiger partial charge in [-0.1, -0.05) is 12.1 Å². The summed E-state index contributed by atoms with van der Waals surface area (Å²) >= 11 is 0. The first-order valence-corrected chi connectivity index (χ1v) is 9.97. The molecule has 1 saturated heterocycles. The predicted molar refractivity (Wildman–Crippen MR) is 108 cm³/mol. The number of piperidine rings is 1. The average molecular weight is 381 g/mol. The van der Waals surface area contributed by atoms with E-state index in [1.165, 1.54) is 0 Å². The minimum atomic E-state index is -0.234. The molecule has 3 heterocycles. The lowest BCUT2D eigenvalue weighted by Crippen LogP contribution is -2.46. The number of nitrogens with one attached hydrogen (secondary N) is 1. The Kier molecular flexibility index (Phi) is 5.17. The highest BCUT2D eigenvalue weighted by Crippen LogP contribution is 2.30. The fourth-order valence-corrected chi connectivity index (χ4v) is 3.85. The van der Waals surface area contributed by atoms with E-state index in [2.05, 4.69) is 20.3 Å². The lowest BCUT2D eigenvalue weighted by molar-refractivity contribution is -0.121. The van der Waals surface area contributed by atoms with Gasteiger partial charge >= 0.3 is 0 Å². The van der Waals surface area contributed by atoms with E-state index in [0.717, 1.165) is 48.7 Å². The van der Waals surface area contributed by atoms with Crippen LogP contribution in [0.15, 0.2) is 40.9 Å². The van der Waals surface area contributed by atoms with Gasteiger partial charge in [0.05, 0.1) is 12.2 Å². The van der Waals surface area contributed by atoms with Gasteiger partial charge in [-0.15, -0.1) is 0 Å². The van der Waals surface area contributed by atoms with E-state index in [9.17, 15) is 4.79 Å². The molecule has 7 nitrogen and oxygen atoms in total. The van der Waals surface area contributed by atoms with Gasteiger partial charge < -0.3 is 9.73 Å². The second-order valence-electron chi connectivity index (χ2n) is 7.77. The Morgan fingerprint density at radius 1 is 1.25 bits per heavy atom. The SMILES string of the molecule is CC(C)n1nccc1NC(=O)[C@@H](C)N1CCC[C@H](c2nc3ccccc3o2)C1. The van der Waals surface area contributed by atoms with Crippen LogP contribution in [0, 0.1) is 0 Å². The lowest BCUT2D eigenvalue weighted by Gasteiger charge is -2.34. The molecular formula is C21H27N5O2. The Hall–Kier alpha value is -2.67. The Morgan fingerprint density at radius 3 is 2.86 bits per heavy atom. The van der Waals surface area contributed by atoms with Crippen molar-refractivity contribution in [3.8, 4) is 0 Å². The number of benzene rings is 1. The molecule has 0 bridgehead atoms. The van der Waals surface area contributed by atoms with Crippen molar-refractivity contribution >= 4 is 22.8 Å². The number of hydrogen-bond acceptors (Lipinski definition) is 5. The number of anilines is 1. The van der Waals surface area contributed by atoms with Crippen LogP contribution in [-0.4, -0.2) is 44.7 Å². The molecule has 0 radical (unpaired) electrons. The van der Waals surface area contributed by atoms with Crippen LogP contribution < -0.4 is 5.32 Å². The minimum Gasteiger partial charge on any atom is -0.440 e. The van der Waals surface area contributed by atoms with Crippen LogP contribution in [0.1, 0.15) is 51.5 Å². The zero-order valence-electron chi connectivity index (χ0n) is 16.6. The maximum atomic E-state index is 12.8. The fourth-order valence-electron chi connectivity index (χ4n) is 3.85. The van der Waals surface area contributed by atoms with Crippen molar-refractivity contribution in [3.63, 3.8) is 0 Å². The molecule has 1 aromatic carbocycles. The maximum absolute atomic E-state index is 12.8. The Morgan fingerprint density at radius 2 is 2.07 bits per heavy atom. The quantitative estimate of drug-likeness (QED) is 0.727. The third-order valence-corrected chi connectivity index (χ3v) is 5.45. The van der Waals surface area contributed by atoms with Gasteiger partial charge in [0, 0.05) is 24.6 Å². The van der Waals surface area contributed by atoms with E-state index in [1.54, 1.807) is 6.20 Å². The van der Waals surface area contributed by atoms with E-state index in [4.69, 9.17) is 4.42 Å². The summed E-state index contributed by atoms with van der Waals surface area (Å²) in [6.45, 7) is 7.71. The molecule has 148 valence electrons. The van der Waals surface area contributed by atoms with Crippen molar-refractivity contribution in [2.24, 2.45) is 0 Å². The number of carbonyl (C=O) groups excluding carboxylic acids is 1. The van der Waals surface area contributed by atoms with Crippen molar-refractivity contribution in [1.82, 2.24) is 19.7 Å². The van der Waals surface area contributed by atoms with Crippen LogP contribution >= 0.6 is 0 Å². The highest BCUT2D eigenvalue weighted by Gasteiger charge is 2.31. The monoisotopic (exact) mass is 381 g/mol. The summed E-state index contributed by atoms with van der Waals surface area (Å²) in [6.07, 6.45) is 3.76. The van der Waals surface area contributed by atoms with Gasteiger partial charge in [0.25, 0.3) is 0 Å². The Bertz CT molecular complexity index is 928. The molecule has 3 aromatic rings. The standard InChI is InChI=1S/C21H27N5O2/c1-14(2)26-19(10-11-22-26)24-20(27)15(3)25-12-6-7-16(13-25)21-23-17-8-4-5-9-18(17)28-21/h4-5,8-11,14-16H,6-7,12-13H2,1-3H3,(H,24,27)/t15-,16+/m1/s1. The van der Waals surface area contributed by atoms with Crippen molar-refractivity contribution in [1.29, 1.82) is 0 Å². The van der Waals surface area contributed by atoms with Gasteiger partial charge in [-0.2, -0.15) is 5.10 Å². The molecule has 1 aliphatic heterocycles. The second-order valence-corrected chi connectivity index (χ2v) is 7.77. The molecule has 1 amide bonds. The number of likely N-dealkylation sites (tertiary alicyclic amines) is 1. The van der Waals surface area contributed by atoms with Gasteiger partial charge in [-0.3, -0.25) is 9.69 Å². The highest BCUT2D eigenvalue weighted by molar-refractivity contribution is 5.93. The van der Waals surface area contributed by atoms with Gasteiger partial charge in [0.15, 0.2) is 11.5 Å². The van der Waals surface area contributed by atoms with Crippen LogP contribution in [0.25, 0.3) is 11.1 Å². The number of nitrogens with zero attached hydrogens (tertiary/aromatic N) is 4. The van der Waals surface area contributed by atoms with Crippen LogP contribution in [0.3, 0.4) is 0 Å². The van der Waals surface area contributed by atoms with E-state index in [0.29, 0.717) is 0 Å². The largest absolute Gasteiger partial charge is 0.440 e. The molecule has 0 saturated carbocycles. The first-order valence-electron chi connectivity index (χ1n) is 9.97. The smallest absolute Gasteiger partial charge is 0.242 e. The van der Waals surface area contributed by atoms with E-state index in [-0.39, 0.29) is 23.9 Å². The number of fused-ring (bicyclic) bond motifs is 1. The maximum Gasteiger partial charge on any atom is 0.242 e. The van der Waals surface area contributed by atoms with Gasteiger partial charge in [-0.25, -0.2) is 9.67 Å². The third kappa shape index (κ3) is 3.67. The van der Waals surface area contributed by atoms with E-state index in [1.807, 2.05) is 55.8 Å². The zero-order valence-corrected chi connectivity index (χ0v) is 16.6. The van der Waals surface area contributed by atoms with Gasteiger partial charge in [-0.05, 0) is 52.3 Å². The molecule has 1 N–H and O–H groups in total. The molecule has 2 atom stereocenters. The summed E-state index contributed by atoms with van der Waals surface area (Å²) in [7, 11) is 0. The number of hydrogen-bond donors (Lipinski definition) is 1. The van der Waals surface area contributed by atoms with Crippen LogP contribution in [-0.2, 0) is 4.79 Å².